The molecule has 0 aliphatic heterocycles. The van der Waals surface area contributed by atoms with Crippen molar-refractivity contribution in [2.75, 3.05) is 0 Å². The van der Waals surface area contributed by atoms with Gasteiger partial charge in [-0.1, -0.05) is 36.7 Å². The number of benzene rings is 1. The fraction of sp³-hybridized carbons (Fsp3) is 0.176. The van der Waals surface area contributed by atoms with Crippen molar-refractivity contribution in [2.24, 2.45) is 0 Å². The maximum atomic E-state index is 13.8. The lowest BCUT2D eigenvalue weighted by molar-refractivity contribution is 0.355. The van der Waals surface area contributed by atoms with Gasteiger partial charge in [0.05, 0.1) is 5.52 Å². The zero-order valence-corrected chi connectivity index (χ0v) is 15.3. The van der Waals surface area contributed by atoms with Crippen LogP contribution in [0, 0.1) is 11.3 Å². The zero-order valence-electron chi connectivity index (χ0n) is 13.0. The van der Waals surface area contributed by atoms with Gasteiger partial charge in [-0.2, -0.15) is 5.26 Å². The number of aromatic nitrogens is 2. The summed E-state index contributed by atoms with van der Waals surface area (Å²) >= 11 is 0. The monoisotopic (exact) mass is 359 g/mol. The van der Waals surface area contributed by atoms with Crippen LogP contribution in [0.2, 0.25) is 0 Å². The van der Waals surface area contributed by atoms with Crippen molar-refractivity contribution < 1.29 is 9.13 Å². The van der Waals surface area contributed by atoms with Gasteiger partial charge >= 0.3 is 0 Å². The second kappa shape index (κ2) is 6.85. The lowest BCUT2D eigenvalue weighted by Crippen LogP contribution is -1.97. The first kappa shape index (κ1) is 16.8. The largest absolute Gasteiger partial charge is 0.483 e. The fourth-order valence-electron chi connectivity index (χ4n) is 2.53. The van der Waals surface area contributed by atoms with Crippen LogP contribution < -0.4 is 4.74 Å². The molecule has 122 valence electrons. The molecule has 0 aliphatic carbocycles. The summed E-state index contributed by atoms with van der Waals surface area (Å²) in [6.07, 6.45) is 0.546. The first-order chi connectivity index (χ1) is 11.5. The summed E-state index contributed by atoms with van der Waals surface area (Å²) in [5.74, 6) is 1.000. The van der Waals surface area contributed by atoms with Gasteiger partial charge in [0.25, 0.3) is 0 Å². The minimum Gasteiger partial charge on any atom is -0.483 e. The number of rotatable bonds is 4. The molecule has 0 radical (unpaired) electrons. The minimum atomic E-state index is -1.26. The Bertz CT molecular complexity index is 914. The molecule has 0 saturated carbocycles. The van der Waals surface area contributed by atoms with Crippen molar-refractivity contribution in [1.29, 1.82) is 5.26 Å². The van der Waals surface area contributed by atoms with Gasteiger partial charge in [-0.25, -0.2) is 9.37 Å². The Morgan fingerprint density at radius 1 is 1.17 bits per heavy atom. The standard InChI is InChI=1S/C17H16FN3OP2/c1-10(18)16-20-14(8-19)15-7-4-12(9-21(15)16)11-2-5-13(6-3-11)22-17(23)24/h2-7,9-10,17H,23-24H2,1H3. The fourth-order valence-corrected chi connectivity index (χ4v) is 2.84. The molecular weight excluding hydrogens is 343 g/mol. The summed E-state index contributed by atoms with van der Waals surface area (Å²) in [7, 11) is 5.09. The summed E-state index contributed by atoms with van der Waals surface area (Å²) in [6.45, 7) is 1.41. The van der Waals surface area contributed by atoms with E-state index in [9.17, 15) is 4.39 Å². The van der Waals surface area contributed by atoms with Crippen LogP contribution in [0.5, 0.6) is 5.75 Å². The highest BCUT2D eigenvalue weighted by Crippen LogP contribution is 2.27. The molecule has 2 heterocycles. The number of imidazole rings is 1. The number of ether oxygens (including phenoxy) is 1. The molecule has 24 heavy (non-hydrogen) atoms. The quantitative estimate of drug-likeness (QED) is 0.652. The molecule has 0 saturated heterocycles. The van der Waals surface area contributed by atoms with E-state index >= 15 is 0 Å². The third-order valence-corrected chi connectivity index (χ3v) is 3.86. The van der Waals surface area contributed by atoms with Crippen LogP contribution in [-0.4, -0.2) is 15.0 Å². The molecule has 0 bridgehead atoms. The Balaban J connectivity index is 2.04. The average molecular weight is 359 g/mol. The van der Waals surface area contributed by atoms with E-state index in [0.29, 0.717) is 5.52 Å². The molecule has 3 aromatic rings. The van der Waals surface area contributed by atoms with E-state index in [1.807, 2.05) is 36.4 Å². The van der Waals surface area contributed by atoms with Crippen molar-refractivity contribution in [3.05, 3.63) is 54.1 Å². The van der Waals surface area contributed by atoms with E-state index < -0.39 is 6.17 Å². The Labute approximate surface area is 144 Å². The predicted octanol–water partition coefficient (Wildman–Crippen LogP) is 4.32. The number of fused-ring (bicyclic) bond motifs is 1. The molecular formula is C17H16FN3OP2. The van der Waals surface area contributed by atoms with E-state index in [2.05, 4.69) is 23.5 Å². The van der Waals surface area contributed by atoms with Crippen molar-refractivity contribution in [3.8, 4) is 22.9 Å². The number of pyridine rings is 1. The molecule has 3 unspecified atom stereocenters. The first-order valence-electron chi connectivity index (χ1n) is 7.34. The van der Waals surface area contributed by atoms with Crippen LogP contribution >= 0.6 is 18.5 Å². The lowest BCUT2D eigenvalue weighted by atomic mass is 10.1. The Hall–Kier alpha value is -2.01. The Kier molecular flexibility index (Phi) is 4.81. The zero-order chi connectivity index (χ0) is 17.3. The van der Waals surface area contributed by atoms with Crippen molar-refractivity contribution in [3.63, 3.8) is 0 Å². The molecule has 4 nitrogen and oxygen atoms in total. The van der Waals surface area contributed by atoms with Gasteiger partial charge in [0.15, 0.2) is 11.9 Å². The number of nitriles is 1. The van der Waals surface area contributed by atoms with Crippen LogP contribution in [0.4, 0.5) is 4.39 Å². The SMILES string of the molecule is CC(F)c1nc(C#N)c2ccc(-c3ccc(OC(P)P)cc3)cn12. The molecule has 0 fully saturated rings. The van der Waals surface area contributed by atoms with Crippen LogP contribution in [0.25, 0.3) is 16.6 Å². The summed E-state index contributed by atoms with van der Waals surface area (Å²) in [4.78, 5) is 4.09. The van der Waals surface area contributed by atoms with Crippen LogP contribution in [-0.2, 0) is 0 Å². The van der Waals surface area contributed by atoms with Gasteiger partial charge in [0.1, 0.15) is 23.2 Å². The van der Waals surface area contributed by atoms with Gasteiger partial charge in [0.2, 0.25) is 0 Å². The smallest absolute Gasteiger partial charge is 0.166 e. The van der Waals surface area contributed by atoms with Gasteiger partial charge in [0, 0.05) is 6.20 Å². The summed E-state index contributed by atoms with van der Waals surface area (Å²) in [5.41, 5.74) is 2.67. The molecule has 0 N–H and O–H groups in total. The number of hydrogen-bond donors (Lipinski definition) is 0. The highest BCUT2D eigenvalue weighted by Gasteiger charge is 2.16. The second-order valence-corrected chi connectivity index (χ2v) is 7.41. The van der Waals surface area contributed by atoms with E-state index in [1.165, 1.54) is 6.92 Å². The third-order valence-electron chi connectivity index (χ3n) is 3.59. The van der Waals surface area contributed by atoms with E-state index in [4.69, 9.17) is 10.00 Å². The summed E-state index contributed by atoms with van der Waals surface area (Å²) < 4.78 is 21.0. The van der Waals surface area contributed by atoms with Crippen molar-refractivity contribution >= 4 is 24.0 Å². The molecule has 3 atom stereocenters. The van der Waals surface area contributed by atoms with Gasteiger partial charge in [-0.3, -0.25) is 4.40 Å². The maximum absolute atomic E-state index is 13.8. The molecule has 2 aromatic heterocycles. The first-order valence-corrected chi connectivity index (χ1v) is 8.67. The van der Waals surface area contributed by atoms with E-state index in [-0.39, 0.29) is 17.1 Å². The van der Waals surface area contributed by atoms with Gasteiger partial charge < -0.3 is 4.74 Å². The molecule has 0 spiro atoms. The number of alkyl halides is 1. The topological polar surface area (TPSA) is 50.3 Å². The van der Waals surface area contributed by atoms with Crippen molar-refractivity contribution in [2.45, 2.75) is 18.7 Å². The molecule has 0 amide bonds. The van der Waals surface area contributed by atoms with Crippen LogP contribution in [0.15, 0.2) is 42.6 Å². The Morgan fingerprint density at radius 2 is 1.83 bits per heavy atom. The second-order valence-electron chi connectivity index (χ2n) is 5.33. The van der Waals surface area contributed by atoms with Crippen molar-refractivity contribution in [1.82, 2.24) is 9.38 Å². The predicted molar refractivity (Wildman–Crippen MR) is 98.7 cm³/mol. The highest BCUT2D eigenvalue weighted by atomic mass is 31.1. The Morgan fingerprint density at radius 3 is 2.42 bits per heavy atom. The normalized spacial score (nSPS) is 12.3. The lowest BCUT2D eigenvalue weighted by Gasteiger charge is -2.10. The minimum absolute atomic E-state index is 0.0452. The molecule has 3 rings (SSSR count). The third kappa shape index (κ3) is 3.26. The van der Waals surface area contributed by atoms with Gasteiger partial charge in [-0.05, 0) is 36.2 Å². The number of halogens is 1. The maximum Gasteiger partial charge on any atom is 0.166 e. The average Bonchev–Trinajstić information content (AvgIpc) is 2.93. The van der Waals surface area contributed by atoms with Crippen LogP contribution in [0.1, 0.15) is 24.6 Å². The van der Waals surface area contributed by atoms with Gasteiger partial charge in [-0.15, -0.1) is 0 Å². The van der Waals surface area contributed by atoms with E-state index in [1.54, 1.807) is 16.7 Å². The van der Waals surface area contributed by atoms with Crippen LogP contribution in [0.3, 0.4) is 0 Å². The molecule has 1 aromatic carbocycles. The number of hydrogen-bond acceptors (Lipinski definition) is 3. The summed E-state index contributed by atoms with van der Waals surface area (Å²) in [5, 5.41) is 9.15. The highest BCUT2D eigenvalue weighted by molar-refractivity contribution is 7.37. The molecule has 0 aliphatic rings. The number of nitrogens with zero attached hydrogens (tertiary/aromatic N) is 3. The summed E-state index contributed by atoms with van der Waals surface area (Å²) in [6, 6.07) is 13.3. The van der Waals surface area contributed by atoms with E-state index in [0.717, 1.165) is 16.9 Å². The molecule has 7 heteroatoms.